The lowest BCUT2D eigenvalue weighted by Crippen LogP contribution is -2.64. The normalized spacial score (nSPS) is 53.6. The van der Waals surface area contributed by atoms with Gasteiger partial charge in [0.15, 0.2) is 12.6 Å². The molecule has 1 aliphatic carbocycles. The van der Waals surface area contributed by atoms with E-state index in [0.29, 0.717) is 0 Å². The number of nitrogens with two attached hydrogens (primary N) is 4. The van der Waals surface area contributed by atoms with Gasteiger partial charge in [0, 0.05) is 18.6 Å². The maximum Gasteiger partial charge on any atom is 0.187 e. The molecule has 0 spiro atoms. The summed E-state index contributed by atoms with van der Waals surface area (Å²) < 4.78 is 22.3. The van der Waals surface area contributed by atoms with Gasteiger partial charge in [-0.25, -0.2) is 0 Å². The molecule has 0 aromatic carbocycles. The molecular formula is C17H34N4O10. The second-order valence-electron chi connectivity index (χ2n) is 8.30. The van der Waals surface area contributed by atoms with Crippen LogP contribution in [0.5, 0.6) is 0 Å². The maximum atomic E-state index is 10.7. The molecule has 1 saturated carbocycles. The van der Waals surface area contributed by atoms with E-state index in [1.165, 1.54) is 0 Å². The van der Waals surface area contributed by atoms with Crippen LogP contribution in [0.2, 0.25) is 0 Å². The summed E-state index contributed by atoms with van der Waals surface area (Å²) >= 11 is 0. The van der Waals surface area contributed by atoms with E-state index in [0.717, 1.165) is 0 Å². The van der Waals surface area contributed by atoms with Gasteiger partial charge in [-0.2, -0.15) is 0 Å². The Balaban J connectivity index is 1.70. The van der Waals surface area contributed by atoms with E-state index in [-0.39, 0.29) is 13.0 Å². The van der Waals surface area contributed by atoms with Crippen molar-refractivity contribution in [3.63, 3.8) is 0 Å². The molecule has 3 aliphatic rings. The Morgan fingerprint density at radius 1 is 0.710 bits per heavy atom. The number of ether oxygens (including phenoxy) is 4. The predicted octanol–water partition coefficient (Wildman–Crippen LogP) is -6.65. The molecule has 0 amide bonds. The maximum absolute atomic E-state index is 10.7. The molecule has 0 aromatic rings. The summed E-state index contributed by atoms with van der Waals surface area (Å²) in [5, 5.41) is 61.0. The minimum atomic E-state index is -1.50. The van der Waals surface area contributed by atoms with Gasteiger partial charge < -0.3 is 72.5 Å². The summed E-state index contributed by atoms with van der Waals surface area (Å²) in [5.41, 5.74) is 23.1. The standard InChI is InChI=1S/C17H34N4O10/c18-2-6-11(25)12(26)8(21)16(28-6)30-14-7(3-22)29-17(13(14)27)31-15-9(23)4(19)1-5(20)10(15)24/h4-17,22-27H,1-3,18-21H2/t4-,5+,6-,7-,8+,9+,10-,11+,12+,13-,14-,15?,16+,17+/m1/s1. The molecular weight excluding hydrogens is 420 g/mol. The molecule has 14 nitrogen and oxygen atoms in total. The molecule has 3 rings (SSSR count). The molecule has 0 radical (unpaired) electrons. The first-order valence-corrected chi connectivity index (χ1v) is 10.2. The lowest BCUT2D eigenvalue weighted by atomic mass is 9.84. The smallest absolute Gasteiger partial charge is 0.187 e. The van der Waals surface area contributed by atoms with Crippen molar-refractivity contribution in [1.29, 1.82) is 0 Å². The van der Waals surface area contributed by atoms with Gasteiger partial charge in [0.2, 0.25) is 0 Å². The molecule has 182 valence electrons. The molecule has 0 bridgehead atoms. The molecule has 0 aromatic heterocycles. The summed E-state index contributed by atoms with van der Waals surface area (Å²) in [6, 6.07) is -2.68. The van der Waals surface area contributed by atoms with Crippen LogP contribution in [0, 0.1) is 0 Å². The molecule has 31 heavy (non-hydrogen) atoms. The van der Waals surface area contributed by atoms with Gasteiger partial charge in [-0.3, -0.25) is 0 Å². The quantitative estimate of drug-likeness (QED) is 0.179. The fraction of sp³-hybridized carbons (Fsp3) is 1.00. The van der Waals surface area contributed by atoms with Crippen LogP contribution in [-0.4, -0.2) is 129 Å². The third kappa shape index (κ3) is 4.87. The highest BCUT2D eigenvalue weighted by molar-refractivity contribution is 4.99. The number of hydrogen-bond acceptors (Lipinski definition) is 14. The van der Waals surface area contributed by atoms with Crippen LogP contribution >= 0.6 is 0 Å². The van der Waals surface area contributed by atoms with Crippen molar-refractivity contribution in [3.8, 4) is 0 Å². The molecule has 3 fully saturated rings. The topological polar surface area (TPSA) is 262 Å². The van der Waals surface area contributed by atoms with Gasteiger partial charge in [0.1, 0.15) is 42.7 Å². The van der Waals surface area contributed by atoms with Crippen molar-refractivity contribution in [2.45, 2.75) is 92.1 Å². The van der Waals surface area contributed by atoms with Crippen LogP contribution in [-0.2, 0) is 18.9 Å². The van der Waals surface area contributed by atoms with Gasteiger partial charge in [-0.15, -0.1) is 0 Å². The summed E-state index contributed by atoms with van der Waals surface area (Å²) in [7, 11) is 0. The average molecular weight is 454 g/mol. The Morgan fingerprint density at radius 3 is 1.81 bits per heavy atom. The number of hydrogen-bond donors (Lipinski definition) is 10. The van der Waals surface area contributed by atoms with E-state index in [2.05, 4.69) is 0 Å². The Labute approximate surface area is 178 Å². The fourth-order valence-electron chi connectivity index (χ4n) is 4.16. The monoisotopic (exact) mass is 454 g/mol. The Hall–Kier alpha value is -0.560. The highest BCUT2D eigenvalue weighted by Gasteiger charge is 2.52. The lowest BCUT2D eigenvalue weighted by Gasteiger charge is -2.42. The van der Waals surface area contributed by atoms with Crippen molar-refractivity contribution >= 4 is 0 Å². The van der Waals surface area contributed by atoms with E-state index >= 15 is 0 Å². The first-order valence-electron chi connectivity index (χ1n) is 10.2. The van der Waals surface area contributed by atoms with E-state index in [1.54, 1.807) is 0 Å². The first kappa shape index (κ1) is 25.1. The fourth-order valence-corrected chi connectivity index (χ4v) is 4.16. The van der Waals surface area contributed by atoms with Crippen LogP contribution < -0.4 is 22.9 Å². The van der Waals surface area contributed by atoms with Gasteiger partial charge >= 0.3 is 0 Å². The first-order chi connectivity index (χ1) is 14.6. The molecule has 2 heterocycles. The average Bonchev–Trinajstić information content (AvgIpc) is 3.04. The lowest BCUT2D eigenvalue weighted by molar-refractivity contribution is -0.280. The zero-order valence-electron chi connectivity index (χ0n) is 16.8. The van der Waals surface area contributed by atoms with Gasteiger partial charge in [0.25, 0.3) is 0 Å². The predicted molar refractivity (Wildman–Crippen MR) is 102 cm³/mol. The second kappa shape index (κ2) is 10.1. The molecule has 14 N–H and O–H groups in total. The summed E-state index contributed by atoms with van der Waals surface area (Å²) in [5.74, 6) is 0. The van der Waals surface area contributed by atoms with Gasteiger partial charge in [-0.1, -0.05) is 0 Å². The summed E-state index contributed by atoms with van der Waals surface area (Å²) in [6.45, 7) is -0.703. The second-order valence-corrected chi connectivity index (χ2v) is 8.30. The van der Waals surface area contributed by atoms with Crippen LogP contribution in [0.4, 0.5) is 0 Å². The Morgan fingerprint density at radius 2 is 1.26 bits per heavy atom. The molecule has 2 saturated heterocycles. The van der Waals surface area contributed by atoms with Crippen molar-refractivity contribution in [2.24, 2.45) is 22.9 Å². The highest BCUT2D eigenvalue weighted by atomic mass is 16.7. The third-order valence-corrected chi connectivity index (χ3v) is 6.13. The molecule has 14 atom stereocenters. The number of rotatable bonds is 6. The van der Waals surface area contributed by atoms with Gasteiger partial charge in [0.05, 0.1) is 24.9 Å². The van der Waals surface area contributed by atoms with E-state index in [1.807, 2.05) is 0 Å². The zero-order valence-corrected chi connectivity index (χ0v) is 16.8. The number of aliphatic hydroxyl groups is 6. The van der Waals surface area contributed by atoms with Crippen LogP contribution in [0.25, 0.3) is 0 Å². The van der Waals surface area contributed by atoms with Gasteiger partial charge in [-0.05, 0) is 6.42 Å². The van der Waals surface area contributed by atoms with Crippen molar-refractivity contribution in [1.82, 2.24) is 0 Å². The molecule has 1 unspecified atom stereocenters. The van der Waals surface area contributed by atoms with Crippen LogP contribution in [0.3, 0.4) is 0 Å². The van der Waals surface area contributed by atoms with E-state index in [4.69, 9.17) is 41.9 Å². The Kier molecular flexibility index (Phi) is 8.21. The van der Waals surface area contributed by atoms with Crippen LogP contribution in [0.1, 0.15) is 6.42 Å². The zero-order chi connectivity index (χ0) is 23.0. The van der Waals surface area contributed by atoms with E-state index < -0.39 is 92.2 Å². The van der Waals surface area contributed by atoms with Crippen LogP contribution in [0.15, 0.2) is 0 Å². The van der Waals surface area contributed by atoms with E-state index in [9.17, 15) is 30.6 Å². The third-order valence-electron chi connectivity index (χ3n) is 6.13. The van der Waals surface area contributed by atoms with Crippen molar-refractivity contribution in [2.75, 3.05) is 13.2 Å². The minimum Gasteiger partial charge on any atom is -0.394 e. The summed E-state index contributed by atoms with van der Waals surface area (Å²) in [6.07, 6.45) is -13.8. The SMILES string of the molecule is NC[C@H]1O[C@@H](O[C@H]2[C@@H](O)[C@H](OC3[C@@H](O)[C@H](N)C[C@H](N)[C@H]3O)O[C@@H]2CO)[C@@H](N)[C@H](O)[C@H]1O. The molecule has 2 aliphatic heterocycles. The highest BCUT2D eigenvalue weighted by Crippen LogP contribution is 2.32. The minimum absolute atomic E-state index is 0.123. The molecule has 14 heteroatoms. The summed E-state index contributed by atoms with van der Waals surface area (Å²) in [4.78, 5) is 0. The largest absolute Gasteiger partial charge is 0.394 e. The Bertz CT molecular complexity index is 577. The van der Waals surface area contributed by atoms with Crippen molar-refractivity contribution in [3.05, 3.63) is 0 Å². The van der Waals surface area contributed by atoms with Crippen molar-refractivity contribution < 1.29 is 49.6 Å². The number of aliphatic hydroxyl groups excluding tert-OH is 6.